The topological polar surface area (TPSA) is 39.2 Å². The maximum absolute atomic E-state index is 12.3. The fourth-order valence-corrected chi connectivity index (χ4v) is 7.68. The van der Waals surface area contributed by atoms with Gasteiger partial charge in [0, 0.05) is 25.2 Å². The Hall–Kier alpha value is -1.74. The lowest BCUT2D eigenvalue weighted by Gasteiger charge is -2.53. The number of ether oxygens (including phenoxy) is 1. The van der Waals surface area contributed by atoms with Crippen LogP contribution < -0.4 is 0 Å². The molecule has 2 bridgehead atoms. The average Bonchev–Trinajstić information content (AvgIpc) is 3.22. The number of ketones is 1. The molecule has 1 aromatic rings. The van der Waals surface area contributed by atoms with Crippen molar-refractivity contribution in [2.45, 2.75) is 82.3 Å². The van der Waals surface area contributed by atoms with Crippen LogP contribution in [0.2, 0.25) is 0 Å². The second-order valence-corrected chi connectivity index (χ2v) is 10.5. The van der Waals surface area contributed by atoms with Gasteiger partial charge in [0.05, 0.1) is 11.2 Å². The molecule has 1 aromatic heterocycles. The molecule has 0 aromatic carbocycles. The van der Waals surface area contributed by atoms with Crippen LogP contribution >= 0.6 is 0 Å². The van der Waals surface area contributed by atoms with E-state index in [0.29, 0.717) is 30.0 Å². The summed E-state index contributed by atoms with van der Waals surface area (Å²) < 4.78 is 7.07. The van der Waals surface area contributed by atoms with Gasteiger partial charge in [-0.05, 0) is 91.4 Å². The van der Waals surface area contributed by atoms with Crippen LogP contribution in [0.25, 0.3) is 0 Å². The molecule has 6 rings (SSSR count). The minimum Gasteiger partial charge on any atom is -0.359 e. The Morgan fingerprint density at radius 3 is 3.03 bits per heavy atom. The molecule has 29 heavy (non-hydrogen) atoms. The van der Waals surface area contributed by atoms with Gasteiger partial charge in [-0.3, -0.25) is 9.78 Å². The summed E-state index contributed by atoms with van der Waals surface area (Å²) in [5.41, 5.74) is 4.13. The van der Waals surface area contributed by atoms with Gasteiger partial charge in [0.1, 0.15) is 5.78 Å². The van der Waals surface area contributed by atoms with Crippen molar-refractivity contribution in [1.82, 2.24) is 4.98 Å². The predicted octanol–water partition coefficient (Wildman–Crippen LogP) is 5.36. The quantitative estimate of drug-likeness (QED) is 0.699. The highest BCUT2D eigenvalue weighted by Gasteiger charge is 2.66. The monoisotopic (exact) mass is 389 g/mol. The summed E-state index contributed by atoms with van der Waals surface area (Å²) in [5.74, 6) is 1.72. The molecule has 1 saturated heterocycles. The summed E-state index contributed by atoms with van der Waals surface area (Å²) in [4.78, 5) is 16.6. The van der Waals surface area contributed by atoms with Crippen LogP contribution in [0.5, 0.6) is 0 Å². The normalized spacial score (nSPS) is 42.6. The molecule has 3 aliphatic carbocycles. The molecule has 3 nitrogen and oxygen atoms in total. The fraction of sp³-hybridized carbons (Fsp3) is 0.615. The summed E-state index contributed by atoms with van der Waals surface area (Å²) in [5, 5.41) is 0. The van der Waals surface area contributed by atoms with E-state index in [-0.39, 0.29) is 11.2 Å². The van der Waals surface area contributed by atoms with E-state index >= 15 is 0 Å². The first-order chi connectivity index (χ1) is 14.0. The lowest BCUT2D eigenvalue weighted by molar-refractivity contribution is -0.148. The number of allylic oxidation sites excluding steroid dienone is 1. The first-order valence-electron chi connectivity index (χ1n) is 11.6. The number of fused-ring (bicyclic) bond motifs is 1. The Balaban J connectivity index is 1.31. The third kappa shape index (κ3) is 2.46. The lowest BCUT2D eigenvalue weighted by atomic mass is 9.58. The number of hydrogen-bond donors (Lipinski definition) is 0. The second-order valence-electron chi connectivity index (χ2n) is 10.5. The first kappa shape index (κ1) is 18.1. The molecule has 2 spiro atoms. The summed E-state index contributed by atoms with van der Waals surface area (Å²) in [6.07, 6.45) is 19.3. The molecule has 152 valence electrons. The number of Topliss-reactive ketones (excluding diaryl/α,β-unsaturated/α-hetero) is 1. The van der Waals surface area contributed by atoms with Gasteiger partial charge >= 0.3 is 0 Å². The SMILES string of the molecule is C[C@]12CC=C3C=C4CCC(=O)C[C@]45CCC3(O5)[C@@H]1CC[C@@H]2CCc1cccnc1. The van der Waals surface area contributed by atoms with E-state index in [9.17, 15) is 4.79 Å². The van der Waals surface area contributed by atoms with Crippen molar-refractivity contribution >= 4 is 5.78 Å². The highest BCUT2D eigenvalue weighted by atomic mass is 16.5. The first-order valence-corrected chi connectivity index (χ1v) is 11.6. The van der Waals surface area contributed by atoms with Crippen LogP contribution in [0.3, 0.4) is 0 Å². The maximum Gasteiger partial charge on any atom is 0.136 e. The van der Waals surface area contributed by atoms with Crippen LogP contribution in [0.1, 0.15) is 70.3 Å². The maximum atomic E-state index is 12.3. The molecule has 1 unspecified atom stereocenters. The number of pyridine rings is 1. The van der Waals surface area contributed by atoms with Crippen LogP contribution in [0.15, 0.2) is 47.8 Å². The van der Waals surface area contributed by atoms with Crippen molar-refractivity contribution in [1.29, 1.82) is 0 Å². The van der Waals surface area contributed by atoms with Crippen LogP contribution in [0.4, 0.5) is 0 Å². The molecule has 2 aliphatic heterocycles. The summed E-state index contributed by atoms with van der Waals surface area (Å²) in [7, 11) is 0. The minimum absolute atomic E-state index is 0.128. The molecule has 3 fully saturated rings. The molecule has 3 heterocycles. The summed E-state index contributed by atoms with van der Waals surface area (Å²) in [6.45, 7) is 2.53. The van der Waals surface area contributed by atoms with Crippen molar-refractivity contribution in [2.75, 3.05) is 0 Å². The third-order valence-electron chi connectivity index (χ3n) is 9.20. The molecule has 5 aliphatic rings. The number of carbonyl (C=O) groups excluding carboxylic acids is 1. The lowest BCUT2D eigenvalue weighted by Crippen LogP contribution is -2.54. The molecular formula is C26H31NO2. The highest BCUT2D eigenvalue weighted by molar-refractivity contribution is 5.82. The molecule has 3 heteroatoms. The Morgan fingerprint density at radius 1 is 1.24 bits per heavy atom. The van der Waals surface area contributed by atoms with Crippen molar-refractivity contribution in [2.24, 2.45) is 17.3 Å². The Morgan fingerprint density at radius 2 is 2.17 bits per heavy atom. The molecule has 0 N–H and O–H groups in total. The number of aryl methyl sites for hydroxylation is 1. The second kappa shape index (κ2) is 6.14. The van der Waals surface area contributed by atoms with E-state index in [2.05, 4.69) is 30.1 Å². The molecule has 0 radical (unpaired) electrons. The Bertz CT molecular complexity index is 918. The van der Waals surface area contributed by atoms with E-state index in [0.717, 1.165) is 31.6 Å². The molecule has 2 saturated carbocycles. The van der Waals surface area contributed by atoms with Gasteiger partial charge in [0.25, 0.3) is 0 Å². The largest absolute Gasteiger partial charge is 0.359 e. The smallest absolute Gasteiger partial charge is 0.136 e. The molecule has 0 amide bonds. The Labute approximate surface area is 173 Å². The van der Waals surface area contributed by atoms with Gasteiger partial charge in [-0.25, -0.2) is 0 Å². The van der Waals surface area contributed by atoms with E-state index in [1.807, 2.05) is 18.5 Å². The third-order valence-corrected chi connectivity index (χ3v) is 9.20. The van der Waals surface area contributed by atoms with Gasteiger partial charge in [-0.1, -0.05) is 25.1 Å². The van der Waals surface area contributed by atoms with Gasteiger partial charge in [0.2, 0.25) is 0 Å². The molecular weight excluding hydrogens is 358 g/mol. The minimum atomic E-state index is -0.265. The Kier molecular flexibility index (Phi) is 3.82. The van der Waals surface area contributed by atoms with Crippen molar-refractivity contribution in [3.63, 3.8) is 0 Å². The zero-order valence-corrected chi connectivity index (χ0v) is 17.5. The van der Waals surface area contributed by atoms with E-state index in [1.54, 1.807) is 0 Å². The molecule has 5 atom stereocenters. The van der Waals surface area contributed by atoms with Crippen LogP contribution in [0, 0.1) is 17.3 Å². The van der Waals surface area contributed by atoms with Crippen molar-refractivity contribution in [3.05, 3.63) is 53.4 Å². The zero-order chi connectivity index (χ0) is 19.7. The number of hydrogen-bond acceptors (Lipinski definition) is 3. The van der Waals surface area contributed by atoms with E-state index < -0.39 is 0 Å². The predicted molar refractivity (Wildman–Crippen MR) is 112 cm³/mol. The van der Waals surface area contributed by atoms with Crippen molar-refractivity contribution in [3.8, 4) is 0 Å². The van der Waals surface area contributed by atoms with Gasteiger partial charge in [-0.2, -0.15) is 0 Å². The van der Waals surface area contributed by atoms with Crippen LogP contribution in [-0.2, 0) is 16.0 Å². The van der Waals surface area contributed by atoms with Gasteiger partial charge in [-0.15, -0.1) is 0 Å². The van der Waals surface area contributed by atoms with E-state index in [1.165, 1.54) is 42.4 Å². The number of nitrogens with zero attached hydrogens (tertiary/aromatic N) is 1. The standard InChI is InChI=1S/C26H31NO2/c1-24-11-10-21-15-20-6-8-22(28)16-25(20)12-13-26(21,29-25)23(24)9-7-19(24)5-4-18-3-2-14-27-17-18/h2-3,10,14-15,17,19,23H,4-9,11-13,16H2,1H3/t19-,23+,24+,25+,26?/m0/s1. The summed E-state index contributed by atoms with van der Waals surface area (Å²) >= 11 is 0. The van der Waals surface area contributed by atoms with Crippen LogP contribution in [-0.4, -0.2) is 22.0 Å². The van der Waals surface area contributed by atoms with E-state index in [4.69, 9.17) is 4.74 Å². The fourth-order valence-electron chi connectivity index (χ4n) is 7.68. The zero-order valence-electron chi connectivity index (χ0n) is 17.5. The number of aromatic nitrogens is 1. The summed E-state index contributed by atoms with van der Waals surface area (Å²) in [6, 6.07) is 4.25. The highest BCUT2D eigenvalue weighted by Crippen LogP contribution is 2.67. The number of rotatable bonds is 3. The number of carbonyl (C=O) groups is 1. The van der Waals surface area contributed by atoms with Gasteiger partial charge in [0.15, 0.2) is 0 Å². The van der Waals surface area contributed by atoms with Gasteiger partial charge < -0.3 is 4.74 Å². The average molecular weight is 390 g/mol. The van der Waals surface area contributed by atoms with Crippen molar-refractivity contribution < 1.29 is 9.53 Å².